The van der Waals surface area contributed by atoms with Crippen molar-refractivity contribution < 1.29 is 4.92 Å². The van der Waals surface area contributed by atoms with Gasteiger partial charge >= 0.3 is 0 Å². The van der Waals surface area contributed by atoms with Crippen molar-refractivity contribution in [2.75, 3.05) is 18.0 Å². The van der Waals surface area contributed by atoms with E-state index in [1.54, 1.807) is 12.1 Å². The topological polar surface area (TPSA) is 46.4 Å². The van der Waals surface area contributed by atoms with E-state index in [-0.39, 0.29) is 10.6 Å². The van der Waals surface area contributed by atoms with Crippen LogP contribution in [0.5, 0.6) is 0 Å². The highest BCUT2D eigenvalue weighted by Gasteiger charge is 2.24. The van der Waals surface area contributed by atoms with Crippen LogP contribution in [0.2, 0.25) is 0 Å². The molecule has 0 bridgehead atoms. The predicted octanol–water partition coefficient (Wildman–Crippen LogP) is 4.12. The fourth-order valence-electron chi connectivity index (χ4n) is 2.80. The summed E-state index contributed by atoms with van der Waals surface area (Å²) in [6.45, 7) is 4.35. The highest BCUT2D eigenvalue weighted by Crippen LogP contribution is 2.32. The van der Waals surface area contributed by atoms with E-state index in [1.165, 1.54) is 19.3 Å². The fourth-order valence-corrected chi connectivity index (χ4v) is 3.25. The molecule has 1 aromatic carbocycles. The lowest BCUT2D eigenvalue weighted by Crippen LogP contribution is -2.20. The molecule has 4 nitrogen and oxygen atoms in total. The molecule has 0 spiro atoms. The smallest absolute Gasteiger partial charge is 0.269 e. The molecule has 0 aromatic heterocycles. The molecule has 1 aliphatic heterocycles. The highest BCUT2D eigenvalue weighted by atomic mass is 79.9. The van der Waals surface area contributed by atoms with Gasteiger partial charge in [-0.25, -0.2) is 0 Å². The molecule has 0 amide bonds. The van der Waals surface area contributed by atoms with Crippen molar-refractivity contribution >= 4 is 27.3 Å². The first kappa shape index (κ1) is 14.3. The van der Waals surface area contributed by atoms with E-state index in [9.17, 15) is 10.1 Å². The van der Waals surface area contributed by atoms with Crippen LogP contribution in [0.4, 0.5) is 11.4 Å². The van der Waals surface area contributed by atoms with Crippen LogP contribution in [0.3, 0.4) is 0 Å². The van der Waals surface area contributed by atoms with E-state index in [4.69, 9.17) is 0 Å². The summed E-state index contributed by atoms with van der Waals surface area (Å²) in [5, 5.41) is 11.5. The SMILES string of the molecule is CCCC1CCN(c2ccc([N+](=O)[O-])cc2CBr)C1. The molecule has 0 N–H and O–H groups in total. The van der Waals surface area contributed by atoms with E-state index >= 15 is 0 Å². The Hall–Kier alpha value is -1.10. The molecule has 104 valence electrons. The lowest BCUT2D eigenvalue weighted by atomic mass is 10.0. The summed E-state index contributed by atoms with van der Waals surface area (Å²) in [6, 6.07) is 5.18. The lowest BCUT2D eigenvalue weighted by molar-refractivity contribution is -0.384. The number of hydrogen-bond donors (Lipinski definition) is 0. The van der Waals surface area contributed by atoms with Crippen molar-refractivity contribution in [2.24, 2.45) is 5.92 Å². The van der Waals surface area contributed by atoms with Gasteiger partial charge in [0.15, 0.2) is 0 Å². The van der Waals surface area contributed by atoms with Gasteiger partial charge in [0.2, 0.25) is 0 Å². The van der Waals surface area contributed by atoms with Crippen LogP contribution in [-0.2, 0) is 5.33 Å². The lowest BCUT2D eigenvalue weighted by Gasteiger charge is -2.21. The van der Waals surface area contributed by atoms with Crippen molar-refractivity contribution in [3.8, 4) is 0 Å². The normalized spacial score (nSPS) is 18.8. The molecule has 1 fully saturated rings. The second kappa shape index (κ2) is 6.37. The maximum Gasteiger partial charge on any atom is 0.269 e. The Labute approximate surface area is 122 Å². The number of hydrogen-bond acceptors (Lipinski definition) is 3. The number of nitro benzene ring substituents is 1. The van der Waals surface area contributed by atoms with E-state index in [1.807, 2.05) is 6.07 Å². The molecule has 5 heteroatoms. The van der Waals surface area contributed by atoms with E-state index < -0.39 is 0 Å². The number of anilines is 1. The van der Waals surface area contributed by atoms with Crippen LogP contribution in [0.15, 0.2) is 18.2 Å². The Morgan fingerprint density at radius 2 is 2.32 bits per heavy atom. The van der Waals surface area contributed by atoms with Gasteiger partial charge in [-0.05, 0) is 30.4 Å². The van der Waals surface area contributed by atoms with E-state index in [0.29, 0.717) is 5.33 Å². The standard InChI is InChI=1S/C14H19BrN2O2/c1-2-3-11-6-7-16(10-11)14-5-4-13(17(18)19)8-12(14)9-15/h4-5,8,11H,2-3,6-7,9-10H2,1H3. The Morgan fingerprint density at radius 3 is 2.95 bits per heavy atom. The minimum absolute atomic E-state index is 0.169. The zero-order valence-electron chi connectivity index (χ0n) is 11.1. The minimum atomic E-state index is -0.334. The van der Waals surface area contributed by atoms with Crippen LogP contribution in [0.25, 0.3) is 0 Å². The highest BCUT2D eigenvalue weighted by molar-refractivity contribution is 9.08. The minimum Gasteiger partial charge on any atom is -0.371 e. The number of non-ortho nitro benzene ring substituents is 1. The van der Waals surface area contributed by atoms with Gasteiger partial charge in [-0.3, -0.25) is 10.1 Å². The molecule has 1 saturated heterocycles. The van der Waals surface area contributed by atoms with Gasteiger partial charge in [-0.1, -0.05) is 29.3 Å². The average Bonchev–Trinajstić information content (AvgIpc) is 2.86. The third kappa shape index (κ3) is 3.26. The molecule has 2 rings (SSSR count). The van der Waals surface area contributed by atoms with Crippen molar-refractivity contribution in [1.29, 1.82) is 0 Å². The second-order valence-electron chi connectivity index (χ2n) is 5.09. The summed E-state index contributed by atoms with van der Waals surface area (Å²) < 4.78 is 0. The van der Waals surface area contributed by atoms with Crippen LogP contribution in [0.1, 0.15) is 31.7 Å². The summed E-state index contributed by atoms with van der Waals surface area (Å²) in [6.07, 6.45) is 3.73. The third-order valence-corrected chi connectivity index (χ3v) is 4.35. The summed E-state index contributed by atoms with van der Waals surface area (Å²) in [7, 11) is 0. The Kier molecular flexibility index (Phi) is 4.80. The molecule has 1 atom stereocenters. The molecule has 1 unspecified atom stereocenters. The van der Waals surface area contributed by atoms with Gasteiger partial charge in [-0.2, -0.15) is 0 Å². The molecule has 1 heterocycles. The Bertz CT molecular complexity index is 465. The second-order valence-corrected chi connectivity index (χ2v) is 5.65. The summed E-state index contributed by atoms with van der Waals surface area (Å²) in [5.41, 5.74) is 2.31. The molecule has 19 heavy (non-hydrogen) atoms. The van der Waals surface area contributed by atoms with Crippen LogP contribution in [0, 0.1) is 16.0 Å². The zero-order valence-corrected chi connectivity index (χ0v) is 12.7. The van der Waals surface area contributed by atoms with Gasteiger partial charge in [0, 0.05) is 36.2 Å². The molecule has 0 aliphatic carbocycles. The largest absolute Gasteiger partial charge is 0.371 e. The molecular weight excluding hydrogens is 308 g/mol. The van der Waals surface area contributed by atoms with Gasteiger partial charge in [-0.15, -0.1) is 0 Å². The predicted molar refractivity (Wildman–Crippen MR) is 81.0 cm³/mol. The number of halogens is 1. The number of nitro groups is 1. The van der Waals surface area contributed by atoms with Crippen molar-refractivity contribution in [1.82, 2.24) is 0 Å². The molecule has 1 aliphatic rings. The number of nitrogens with zero attached hydrogens (tertiary/aromatic N) is 2. The van der Waals surface area contributed by atoms with Crippen molar-refractivity contribution in [3.63, 3.8) is 0 Å². The Balaban J connectivity index is 2.18. The van der Waals surface area contributed by atoms with Crippen molar-refractivity contribution in [3.05, 3.63) is 33.9 Å². The van der Waals surface area contributed by atoms with E-state index in [0.717, 1.165) is 30.3 Å². The molecule has 0 radical (unpaired) electrons. The van der Waals surface area contributed by atoms with Gasteiger partial charge in [0.25, 0.3) is 5.69 Å². The van der Waals surface area contributed by atoms with Crippen LogP contribution in [-0.4, -0.2) is 18.0 Å². The summed E-state index contributed by atoms with van der Waals surface area (Å²) in [5.74, 6) is 0.767. The maximum atomic E-state index is 10.8. The Morgan fingerprint density at radius 1 is 1.53 bits per heavy atom. The maximum absolute atomic E-state index is 10.8. The van der Waals surface area contributed by atoms with Crippen molar-refractivity contribution in [2.45, 2.75) is 31.5 Å². The zero-order chi connectivity index (χ0) is 13.8. The molecule has 0 saturated carbocycles. The van der Waals surface area contributed by atoms with Gasteiger partial charge in [0.1, 0.15) is 0 Å². The molecular formula is C14H19BrN2O2. The average molecular weight is 327 g/mol. The van der Waals surface area contributed by atoms with E-state index in [2.05, 4.69) is 27.8 Å². The number of benzene rings is 1. The number of alkyl halides is 1. The first-order chi connectivity index (χ1) is 9.15. The number of rotatable bonds is 5. The monoisotopic (exact) mass is 326 g/mol. The van der Waals surface area contributed by atoms with Gasteiger partial charge in [0.05, 0.1) is 4.92 Å². The van der Waals surface area contributed by atoms with Gasteiger partial charge < -0.3 is 4.90 Å². The first-order valence-electron chi connectivity index (χ1n) is 6.74. The molecule has 1 aromatic rings. The third-order valence-electron chi connectivity index (χ3n) is 3.74. The van der Waals surface area contributed by atoms with Crippen LogP contribution >= 0.6 is 15.9 Å². The van der Waals surface area contributed by atoms with Crippen LogP contribution < -0.4 is 4.90 Å². The fraction of sp³-hybridized carbons (Fsp3) is 0.571. The summed E-state index contributed by atoms with van der Waals surface area (Å²) in [4.78, 5) is 12.8. The summed E-state index contributed by atoms with van der Waals surface area (Å²) >= 11 is 3.44. The first-order valence-corrected chi connectivity index (χ1v) is 7.86. The quantitative estimate of drug-likeness (QED) is 0.464.